The zero-order chi connectivity index (χ0) is 17.1. The van der Waals surface area contributed by atoms with Gasteiger partial charge in [-0.25, -0.2) is 13.1 Å². The van der Waals surface area contributed by atoms with Gasteiger partial charge >= 0.3 is 0 Å². The third kappa shape index (κ3) is 10.7. The summed E-state index contributed by atoms with van der Waals surface area (Å²) >= 11 is 0. The van der Waals surface area contributed by atoms with Crippen molar-refractivity contribution in [1.82, 2.24) is 15.4 Å². The molecule has 1 rings (SSSR count). The highest BCUT2D eigenvalue weighted by Crippen LogP contribution is 2.11. The Labute approximate surface area is 163 Å². The molecule has 0 aromatic carbocycles. The van der Waals surface area contributed by atoms with Crippen LogP contribution in [0.25, 0.3) is 0 Å². The second-order valence-electron chi connectivity index (χ2n) is 5.87. The zero-order valence-corrected chi connectivity index (χ0v) is 18.2. The highest BCUT2D eigenvalue weighted by molar-refractivity contribution is 14.0. The minimum absolute atomic E-state index is 0. The van der Waals surface area contributed by atoms with Crippen molar-refractivity contribution in [3.05, 3.63) is 0 Å². The third-order valence-electron chi connectivity index (χ3n) is 3.77. The first-order valence-corrected chi connectivity index (χ1v) is 10.3. The lowest BCUT2D eigenvalue weighted by atomic mass is 10.1. The highest BCUT2D eigenvalue weighted by Gasteiger charge is 2.17. The molecule has 1 fully saturated rings. The van der Waals surface area contributed by atoms with E-state index in [1.165, 1.54) is 0 Å². The SMILES string of the molecule is CCNC(=NCCS(=O)(=O)NCC1CCCCO1)NC(C)CC.I. The van der Waals surface area contributed by atoms with E-state index in [1.54, 1.807) is 0 Å². The molecule has 0 aliphatic carbocycles. The molecule has 1 saturated heterocycles. The van der Waals surface area contributed by atoms with Gasteiger partial charge in [-0.15, -0.1) is 24.0 Å². The zero-order valence-electron chi connectivity index (χ0n) is 15.0. The molecule has 2 atom stereocenters. The Bertz CT molecular complexity index is 454. The molecule has 3 N–H and O–H groups in total. The average molecular weight is 476 g/mol. The molecule has 1 heterocycles. The number of aliphatic imine (C=N–C) groups is 1. The lowest BCUT2D eigenvalue weighted by Crippen LogP contribution is -2.42. The van der Waals surface area contributed by atoms with Crippen LogP contribution in [0.5, 0.6) is 0 Å². The molecule has 0 aromatic rings. The summed E-state index contributed by atoms with van der Waals surface area (Å²) in [5, 5.41) is 6.36. The van der Waals surface area contributed by atoms with E-state index in [2.05, 4.69) is 34.2 Å². The van der Waals surface area contributed by atoms with E-state index in [9.17, 15) is 8.42 Å². The Balaban J connectivity index is 0.00000529. The minimum atomic E-state index is -3.32. The van der Waals surface area contributed by atoms with Crippen LogP contribution in [0.1, 0.15) is 46.5 Å². The van der Waals surface area contributed by atoms with Gasteiger partial charge in [-0.05, 0) is 39.5 Å². The van der Waals surface area contributed by atoms with Crippen LogP contribution in [0.4, 0.5) is 0 Å². The Hall–Kier alpha value is -0.130. The molecule has 0 aromatic heterocycles. The molecule has 0 spiro atoms. The Morgan fingerprint density at radius 2 is 2.08 bits per heavy atom. The van der Waals surface area contributed by atoms with Crippen LogP contribution in [-0.2, 0) is 14.8 Å². The van der Waals surface area contributed by atoms with E-state index >= 15 is 0 Å². The monoisotopic (exact) mass is 476 g/mol. The van der Waals surface area contributed by atoms with Gasteiger partial charge in [0.15, 0.2) is 5.96 Å². The molecule has 7 nitrogen and oxygen atoms in total. The first kappa shape index (κ1) is 23.9. The van der Waals surface area contributed by atoms with Crippen molar-refractivity contribution >= 4 is 40.0 Å². The van der Waals surface area contributed by atoms with Gasteiger partial charge in [-0.1, -0.05) is 6.92 Å². The fourth-order valence-electron chi connectivity index (χ4n) is 2.19. The van der Waals surface area contributed by atoms with Crippen molar-refractivity contribution in [3.63, 3.8) is 0 Å². The van der Waals surface area contributed by atoms with E-state index < -0.39 is 10.0 Å². The highest BCUT2D eigenvalue weighted by atomic mass is 127. The van der Waals surface area contributed by atoms with E-state index in [0.29, 0.717) is 18.5 Å². The number of nitrogens with zero attached hydrogens (tertiary/aromatic N) is 1. The lowest BCUT2D eigenvalue weighted by molar-refractivity contribution is 0.0200. The van der Waals surface area contributed by atoms with Crippen molar-refractivity contribution in [2.45, 2.75) is 58.6 Å². The average Bonchev–Trinajstić information content (AvgIpc) is 2.54. The number of sulfonamides is 1. The molecular weight excluding hydrogens is 443 g/mol. The summed E-state index contributed by atoms with van der Waals surface area (Å²) in [6, 6.07) is 0.297. The summed E-state index contributed by atoms with van der Waals surface area (Å²) in [5.74, 6) is 0.643. The number of guanidine groups is 1. The molecule has 0 amide bonds. The molecule has 24 heavy (non-hydrogen) atoms. The standard InChI is InChI=1S/C15H32N4O3S.HI/c1-4-13(3)19-15(16-5-2)17-9-11-23(20,21)18-12-14-8-6-7-10-22-14;/h13-14,18H,4-12H2,1-3H3,(H2,16,17,19);1H. The summed E-state index contributed by atoms with van der Waals surface area (Å²) in [4.78, 5) is 4.33. The summed E-state index contributed by atoms with van der Waals surface area (Å²) < 4.78 is 32.2. The summed E-state index contributed by atoms with van der Waals surface area (Å²) in [5.41, 5.74) is 0. The molecular formula is C15H33IN4O3S. The van der Waals surface area contributed by atoms with Gasteiger partial charge < -0.3 is 15.4 Å². The predicted octanol–water partition coefficient (Wildman–Crippen LogP) is 1.45. The number of ether oxygens (including phenoxy) is 1. The van der Waals surface area contributed by atoms with E-state index in [0.717, 1.165) is 38.8 Å². The van der Waals surface area contributed by atoms with Gasteiger partial charge in [-0.2, -0.15) is 0 Å². The van der Waals surface area contributed by atoms with Crippen molar-refractivity contribution in [3.8, 4) is 0 Å². The van der Waals surface area contributed by atoms with E-state index in [1.807, 2.05) is 6.92 Å². The molecule has 1 aliphatic heterocycles. The fourth-order valence-corrected chi connectivity index (χ4v) is 3.11. The van der Waals surface area contributed by atoms with Crippen molar-refractivity contribution < 1.29 is 13.2 Å². The second-order valence-corrected chi connectivity index (χ2v) is 7.80. The number of hydrogen-bond acceptors (Lipinski definition) is 4. The summed E-state index contributed by atoms with van der Waals surface area (Å²) in [7, 11) is -3.32. The fraction of sp³-hybridized carbons (Fsp3) is 0.933. The molecule has 1 aliphatic rings. The van der Waals surface area contributed by atoms with Crippen molar-refractivity contribution in [2.24, 2.45) is 4.99 Å². The third-order valence-corrected chi connectivity index (χ3v) is 5.10. The number of hydrogen-bond donors (Lipinski definition) is 3. The number of rotatable bonds is 9. The Morgan fingerprint density at radius 3 is 2.67 bits per heavy atom. The maximum Gasteiger partial charge on any atom is 0.213 e. The van der Waals surface area contributed by atoms with Crippen LogP contribution in [0, 0.1) is 0 Å². The van der Waals surface area contributed by atoms with Crippen LogP contribution in [-0.4, -0.2) is 58.5 Å². The molecule has 2 unspecified atom stereocenters. The Kier molecular flexibility index (Phi) is 13.1. The van der Waals surface area contributed by atoms with Gasteiger partial charge in [-0.3, -0.25) is 4.99 Å². The van der Waals surface area contributed by atoms with E-state index in [4.69, 9.17) is 4.74 Å². The summed E-state index contributed by atoms with van der Waals surface area (Å²) in [6.07, 6.45) is 4.07. The molecule has 0 radical (unpaired) electrons. The predicted molar refractivity (Wildman–Crippen MR) is 110 cm³/mol. The van der Waals surface area contributed by atoms with Crippen LogP contribution in [0.3, 0.4) is 0 Å². The largest absolute Gasteiger partial charge is 0.377 e. The van der Waals surface area contributed by atoms with Crippen LogP contribution >= 0.6 is 24.0 Å². The molecule has 0 saturated carbocycles. The molecule has 0 bridgehead atoms. The smallest absolute Gasteiger partial charge is 0.213 e. The lowest BCUT2D eigenvalue weighted by Gasteiger charge is -2.22. The normalized spacial score (nSPS) is 20.1. The summed E-state index contributed by atoms with van der Waals surface area (Å²) in [6.45, 7) is 8.19. The van der Waals surface area contributed by atoms with Crippen LogP contribution < -0.4 is 15.4 Å². The van der Waals surface area contributed by atoms with E-state index in [-0.39, 0.29) is 42.4 Å². The van der Waals surface area contributed by atoms with Crippen LogP contribution in [0.15, 0.2) is 4.99 Å². The van der Waals surface area contributed by atoms with Gasteiger partial charge in [0.2, 0.25) is 10.0 Å². The quantitative estimate of drug-likeness (QED) is 0.266. The maximum absolute atomic E-state index is 12.0. The van der Waals surface area contributed by atoms with Gasteiger partial charge in [0, 0.05) is 25.7 Å². The van der Waals surface area contributed by atoms with Gasteiger partial charge in [0.05, 0.1) is 18.4 Å². The number of halogens is 1. The molecule has 144 valence electrons. The second kappa shape index (κ2) is 13.1. The van der Waals surface area contributed by atoms with Crippen LogP contribution in [0.2, 0.25) is 0 Å². The first-order chi connectivity index (χ1) is 11.0. The van der Waals surface area contributed by atoms with Crippen molar-refractivity contribution in [1.29, 1.82) is 0 Å². The Morgan fingerprint density at radius 1 is 1.33 bits per heavy atom. The molecule has 9 heteroatoms. The van der Waals surface area contributed by atoms with Gasteiger partial charge in [0.25, 0.3) is 0 Å². The van der Waals surface area contributed by atoms with Crippen molar-refractivity contribution in [2.75, 3.05) is 32.0 Å². The number of nitrogens with one attached hydrogen (secondary N) is 3. The first-order valence-electron chi connectivity index (χ1n) is 8.60. The van der Waals surface area contributed by atoms with Gasteiger partial charge in [0.1, 0.15) is 0 Å². The minimum Gasteiger partial charge on any atom is -0.377 e. The maximum atomic E-state index is 12.0. The topological polar surface area (TPSA) is 91.8 Å².